The van der Waals surface area contributed by atoms with Crippen LogP contribution in [0.3, 0.4) is 0 Å². The summed E-state index contributed by atoms with van der Waals surface area (Å²) < 4.78 is 38.5. The Kier molecular flexibility index (Phi) is 6.92. The third-order valence-corrected chi connectivity index (χ3v) is 4.33. The van der Waals surface area contributed by atoms with Gasteiger partial charge in [0.25, 0.3) is 0 Å². The number of urea groups is 1. The summed E-state index contributed by atoms with van der Waals surface area (Å²) in [7, 11) is 0. The average molecular weight is 386 g/mol. The minimum Gasteiger partial charge on any atom is -0.368 e. The normalized spacial score (nSPS) is 15.0. The number of hydrogen-bond donors (Lipinski definition) is 2. The van der Waals surface area contributed by atoms with Gasteiger partial charge < -0.3 is 20.4 Å². The quantitative estimate of drug-likeness (QED) is 0.764. The van der Waals surface area contributed by atoms with Crippen LogP contribution in [0.15, 0.2) is 24.3 Å². The fourth-order valence-corrected chi connectivity index (χ4v) is 2.72. The molecule has 0 spiro atoms. The van der Waals surface area contributed by atoms with Crippen LogP contribution in [-0.4, -0.2) is 56.1 Å². The summed E-state index contributed by atoms with van der Waals surface area (Å²) >= 11 is 0. The maximum atomic E-state index is 12.8. The van der Waals surface area contributed by atoms with Gasteiger partial charge in [0.05, 0.1) is 5.56 Å². The first kappa shape index (κ1) is 20.9. The van der Waals surface area contributed by atoms with Crippen molar-refractivity contribution >= 4 is 17.6 Å². The van der Waals surface area contributed by atoms with E-state index in [1.54, 1.807) is 24.8 Å². The molecule has 0 radical (unpaired) electrons. The minimum atomic E-state index is -4.37. The van der Waals surface area contributed by atoms with Crippen molar-refractivity contribution in [1.82, 2.24) is 15.5 Å². The van der Waals surface area contributed by atoms with E-state index in [1.165, 1.54) is 6.07 Å². The van der Waals surface area contributed by atoms with Crippen LogP contribution < -0.4 is 15.5 Å². The molecule has 0 saturated carbocycles. The molecule has 2 N–H and O–H groups in total. The van der Waals surface area contributed by atoms with Crippen molar-refractivity contribution in [2.45, 2.75) is 20.0 Å². The molecule has 1 aliphatic rings. The molecular weight excluding hydrogens is 361 g/mol. The van der Waals surface area contributed by atoms with Gasteiger partial charge in [-0.1, -0.05) is 19.9 Å². The Hall–Kier alpha value is -2.45. The van der Waals surface area contributed by atoms with Crippen molar-refractivity contribution < 1.29 is 22.8 Å². The van der Waals surface area contributed by atoms with E-state index in [2.05, 4.69) is 10.6 Å². The number of alkyl halides is 3. The molecule has 1 saturated heterocycles. The molecule has 0 unspecified atom stereocenters. The maximum absolute atomic E-state index is 12.8. The van der Waals surface area contributed by atoms with E-state index in [-0.39, 0.29) is 17.9 Å². The second-order valence-corrected chi connectivity index (χ2v) is 6.70. The van der Waals surface area contributed by atoms with Crippen LogP contribution in [0.5, 0.6) is 0 Å². The maximum Gasteiger partial charge on any atom is 0.416 e. The summed E-state index contributed by atoms with van der Waals surface area (Å²) in [5.41, 5.74) is -0.176. The largest absolute Gasteiger partial charge is 0.416 e. The second-order valence-electron chi connectivity index (χ2n) is 6.70. The van der Waals surface area contributed by atoms with Gasteiger partial charge in [0, 0.05) is 50.9 Å². The topological polar surface area (TPSA) is 64.7 Å². The number of carbonyl (C=O) groups excluding carboxylic acids is 2. The lowest BCUT2D eigenvalue weighted by Crippen LogP contribution is -2.52. The Morgan fingerprint density at radius 2 is 1.70 bits per heavy atom. The fourth-order valence-electron chi connectivity index (χ4n) is 2.72. The Labute approximate surface area is 156 Å². The summed E-state index contributed by atoms with van der Waals surface area (Å²) in [6, 6.07) is 4.97. The van der Waals surface area contributed by atoms with Gasteiger partial charge in [-0.25, -0.2) is 4.79 Å². The van der Waals surface area contributed by atoms with Gasteiger partial charge in [-0.05, 0) is 18.2 Å². The predicted molar refractivity (Wildman–Crippen MR) is 96.5 cm³/mol. The molecule has 6 nitrogen and oxygen atoms in total. The predicted octanol–water partition coefficient (Wildman–Crippen LogP) is 2.31. The van der Waals surface area contributed by atoms with E-state index in [9.17, 15) is 22.8 Å². The van der Waals surface area contributed by atoms with Gasteiger partial charge in [0.2, 0.25) is 5.91 Å². The van der Waals surface area contributed by atoms with E-state index < -0.39 is 11.7 Å². The number of hydrogen-bond acceptors (Lipinski definition) is 3. The van der Waals surface area contributed by atoms with E-state index >= 15 is 0 Å². The standard InChI is InChI=1S/C18H25F3N4O2/c1-13(2)16(26)22-6-7-23-17(27)25-10-8-24(9-11-25)15-5-3-4-14(12-15)18(19,20)21/h3-5,12-13H,6-11H2,1-2H3,(H,22,26)(H,23,27). The molecule has 2 rings (SSSR count). The number of piperazine rings is 1. The Balaban J connectivity index is 1.78. The highest BCUT2D eigenvalue weighted by Crippen LogP contribution is 2.31. The second kappa shape index (κ2) is 8.96. The molecule has 1 aromatic rings. The molecule has 1 aromatic carbocycles. The van der Waals surface area contributed by atoms with Gasteiger partial charge in [0.1, 0.15) is 0 Å². The highest BCUT2D eigenvalue weighted by atomic mass is 19.4. The zero-order chi connectivity index (χ0) is 20.0. The molecule has 9 heteroatoms. The number of amides is 3. The molecule has 0 atom stereocenters. The highest BCUT2D eigenvalue weighted by Gasteiger charge is 2.31. The first-order chi connectivity index (χ1) is 12.7. The smallest absolute Gasteiger partial charge is 0.368 e. The lowest BCUT2D eigenvalue weighted by Gasteiger charge is -2.36. The fraction of sp³-hybridized carbons (Fsp3) is 0.556. The van der Waals surface area contributed by atoms with Gasteiger partial charge in [0.15, 0.2) is 0 Å². The summed E-state index contributed by atoms with van der Waals surface area (Å²) in [6.07, 6.45) is -4.37. The summed E-state index contributed by atoms with van der Waals surface area (Å²) in [5, 5.41) is 5.45. The van der Waals surface area contributed by atoms with Crippen LogP contribution in [0.4, 0.5) is 23.7 Å². The van der Waals surface area contributed by atoms with Crippen LogP contribution in [0, 0.1) is 5.92 Å². The number of benzene rings is 1. The van der Waals surface area contributed by atoms with Crippen LogP contribution >= 0.6 is 0 Å². The van der Waals surface area contributed by atoms with Gasteiger partial charge in [-0.2, -0.15) is 13.2 Å². The molecule has 3 amide bonds. The van der Waals surface area contributed by atoms with Crippen molar-refractivity contribution in [3.8, 4) is 0 Å². The molecule has 0 aromatic heterocycles. The molecule has 27 heavy (non-hydrogen) atoms. The van der Waals surface area contributed by atoms with Crippen molar-refractivity contribution in [3.05, 3.63) is 29.8 Å². The van der Waals surface area contributed by atoms with E-state index in [0.717, 1.165) is 12.1 Å². The lowest BCUT2D eigenvalue weighted by atomic mass is 10.1. The van der Waals surface area contributed by atoms with Crippen molar-refractivity contribution in [3.63, 3.8) is 0 Å². The van der Waals surface area contributed by atoms with E-state index in [1.807, 2.05) is 4.90 Å². The van der Waals surface area contributed by atoms with Crippen molar-refractivity contribution in [2.75, 3.05) is 44.2 Å². The molecular formula is C18H25F3N4O2. The monoisotopic (exact) mass is 386 g/mol. The first-order valence-electron chi connectivity index (χ1n) is 8.91. The summed E-state index contributed by atoms with van der Waals surface area (Å²) in [4.78, 5) is 27.0. The third-order valence-electron chi connectivity index (χ3n) is 4.33. The highest BCUT2D eigenvalue weighted by molar-refractivity contribution is 5.78. The molecule has 1 aliphatic heterocycles. The van der Waals surface area contributed by atoms with Crippen LogP contribution in [0.2, 0.25) is 0 Å². The first-order valence-corrected chi connectivity index (χ1v) is 8.91. The number of anilines is 1. The number of nitrogens with zero attached hydrogens (tertiary/aromatic N) is 2. The summed E-state index contributed by atoms with van der Waals surface area (Å²) in [6.45, 7) is 6.01. The zero-order valence-electron chi connectivity index (χ0n) is 15.5. The van der Waals surface area contributed by atoms with Crippen LogP contribution in [0.1, 0.15) is 19.4 Å². The number of carbonyl (C=O) groups is 2. The van der Waals surface area contributed by atoms with Crippen LogP contribution in [-0.2, 0) is 11.0 Å². The molecule has 150 valence electrons. The Morgan fingerprint density at radius 1 is 1.07 bits per heavy atom. The minimum absolute atomic E-state index is 0.0704. The Bertz CT molecular complexity index is 656. The molecule has 1 heterocycles. The van der Waals surface area contributed by atoms with Crippen LogP contribution in [0.25, 0.3) is 0 Å². The third kappa shape index (κ3) is 6.04. The van der Waals surface area contributed by atoms with E-state index in [4.69, 9.17) is 0 Å². The number of rotatable bonds is 5. The van der Waals surface area contributed by atoms with Crippen molar-refractivity contribution in [2.24, 2.45) is 5.92 Å². The average Bonchev–Trinajstić information content (AvgIpc) is 2.64. The van der Waals surface area contributed by atoms with Gasteiger partial charge in [-0.3, -0.25) is 4.79 Å². The Morgan fingerprint density at radius 3 is 2.30 bits per heavy atom. The van der Waals surface area contributed by atoms with E-state index in [0.29, 0.717) is 45.0 Å². The number of halogens is 3. The molecule has 0 bridgehead atoms. The molecule has 1 fully saturated rings. The lowest BCUT2D eigenvalue weighted by molar-refractivity contribution is -0.137. The van der Waals surface area contributed by atoms with Gasteiger partial charge in [-0.15, -0.1) is 0 Å². The number of nitrogens with one attached hydrogen (secondary N) is 2. The zero-order valence-corrected chi connectivity index (χ0v) is 15.5. The van der Waals surface area contributed by atoms with Crippen molar-refractivity contribution in [1.29, 1.82) is 0 Å². The summed E-state index contributed by atoms with van der Waals surface area (Å²) in [5.74, 6) is -0.177. The SMILES string of the molecule is CC(C)C(=O)NCCNC(=O)N1CCN(c2cccc(C(F)(F)F)c2)CC1. The van der Waals surface area contributed by atoms with Gasteiger partial charge >= 0.3 is 12.2 Å². The molecule has 0 aliphatic carbocycles.